The molecule has 0 heterocycles. The number of hydrogen-bond donors (Lipinski definition) is 0. The SMILES string of the molecule is CCCCCCCCCCCCCCCCCCCCCO[Si](CCC)(OC)OC. The fourth-order valence-electron chi connectivity index (χ4n) is 4.19. The van der Waals surface area contributed by atoms with E-state index in [1.54, 1.807) is 14.2 Å². The molecular formula is C26H56O3Si. The van der Waals surface area contributed by atoms with Crippen LogP contribution in [0.1, 0.15) is 142 Å². The van der Waals surface area contributed by atoms with Crippen molar-refractivity contribution in [2.75, 3.05) is 20.8 Å². The highest BCUT2D eigenvalue weighted by molar-refractivity contribution is 6.60. The second-order valence-electron chi connectivity index (χ2n) is 9.05. The van der Waals surface area contributed by atoms with Gasteiger partial charge in [-0.25, -0.2) is 0 Å². The molecule has 0 fully saturated rings. The maximum atomic E-state index is 6.00. The minimum atomic E-state index is -2.36. The summed E-state index contributed by atoms with van der Waals surface area (Å²) in [5.74, 6) is 0. The van der Waals surface area contributed by atoms with Crippen LogP contribution in [0.2, 0.25) is 6.04 Å². The van der Waals surface area contributed by atoms with E-state index in [-0.39, 0.29) is 0 Å². The second kappa shape index (κ2) is 23.8. The zero-order valence-electron chi connectivity index (χ0n) is 21.3. The minimum absolute atomic E-state index is 0.784. The molecule has 0 radical (unpaired) electrons. The Bertz CT molecular complexity index is 321. The average Bonchev–Trinajstić information content (AvgIpc) is 2.77. The molecule has 0 aliphatic rings. The molecule has 0 atom stereocenters. The molecule has 0 saturated heterocycles. The molecule has 0 spiro atoms. The molecule has 0 rings (SSSR count). The Morgan fingerprint density at radius 1 is 0.433 bits per heavy atom. The molecule has 0 amide bonds. The van der Waals surface area contributed by atoms with Crippen LogP contribution in [0, 0.1) is 0 Å². The first-order chi connectivity index (χ1) is 14.7. The lowest BCUT2D eigenvalue weighted by Gasteiger charge is -2.25. The molecule has 0 unspecified atom stereocenters. The smallest absolute Gasteiger partial charge is 0.377 e. The van der Waals surface area contributed by atoms with Gasteiger partial charge in [-0.2, -0.15) is 0 Å². The first-order valence-corrected chi connectivity index (χ1v) is 15.4. The van der Waals surface area contributed by atoms with Gasteiger partial charge in [0.15, 0.2) is 0 Å². The van der Waals surface area contributed by atoms with Gasteiger partial charge in [0, 0.05) is 26.9 Å². The van der Waals surface area contributed by atoms with Crippen LogP contribution in [-0.4, -0.2) is 29.6 Å². The molecule has 0 saturated carbocycles. The third-order valence-electron chi connectivity index (χ3n) is 6.25. The van der Waals surface area contributed by atoms with Crippen molar-refractivity contribution in [1.29, 1.82) is 0 Å². The van der Waals surface area contributed by atoms with Gasteiger partial charge in [0.1, 0.15) is 0 Å². The Balaban J connectivity index is 3.23. The van der Waals surface area contributed by atoms with Gasteiger partial charge in [-0.1, -0.05) is 136 Å². The fraction of sp³-hybridized carbons (Fsp3) is 1.00. The second-order valence-corrected chi connectivity index (χ2v) is 12.0. The molecule has 182 valence electrons. The van der Waals surface area contributed by atoms with Crippen LogP contribution >= 0.6 is 0 Å². The van der Waals surface area contributed by atoms with E-state index in [1.807, 2.05) is 0 Å². The first-order valence-electron chi connectivity index (χ1n) is 13.5. The maximum Gasteiger partial charge on any atom is 0.500 e. The number of unbranched alkanes of at least 4 members (excludes halogenated alkanes) is 18. The van der Waals surface area contributed by atoms with Crippen molar-refractivity contribution < 1.29 is 13.3 Å². The van der Waals surface area contributed by atoms with E-state index in [4.69, 9.17) is 13.3 Å². The van der Waals surface area contributed by atoms with E-state index < -0.39 is 8.80 Å². The Morgan fingerprint density at radius 2 is 0.767 bits per heavy atom. The Hall–Kier alpha value is 0.0969. The topological polar surface area (TPSA) is 27.7 Å². The van der Waals surface area contributed by atoms with E-state index in [0.29, 0.717) is 0 Å². The summed E-state index contributed by atoms with van der Waals surface area (Å²) in [6.45, 7) is 5.23. The summed E-state index contributed by atoms with van der Waals surface area (Å²) in [6, 6.07) is 0.916. The number of hydrogen-bond acceptors (Lipinski definition) is 3. The highest BCUT2D eigenvalue weighted by Crippen LogP contribution is 2.17. The zero-order valence-corrected chi connectivity index (χ0v) is 22.3. The van der Waals surface area contributed by atoms with E-state index in [0.717, 1.165) is 25.5 Å². The van der Waals surface area contributed by atoms with Crippen molar-refractivity contribution in [2.45, 2.75) is 148 Å². The van der Waals surface area contributed by atoms with Crippen LogP contribution in [0.15, 0.2) is 0 Å². The summed E-state index contributed by atoms with van der Waals surface area (Å²) in [5.41, 5.74) is 0. The molecule has 4 heteroatoms. The Labute approximate surface area is 191 Å². The number of rotatable bonds is 25. The van der Waals surface area contributed by atoms with Gasteiger partial charge < -0.3 is 13.3 Å². The van der Waals surface area contributed by atoms with Gasteiger partial charge in [-0.3, -0.25) is 0 Å². The summed E-state index contributed by atoms with van der Waals surface area (Å²) < 4.78 is 17.1. The van der Waals surface area contributed by atoms with Crippen LogP contribution < -0.4 is 0 Å². The molecule has 30 heavy (non-hydrogen) atoms. The highest BCUT2D eigenvalue weighted by Gasteiger charge is 2.37. The Morgan fingerprint density at radius 3 is 1.07 bits per heavy atom. The summed E-state index contributed by atoms with van der Waals surface area (Å²) in [5, 5.41) is 0. The van der Waals surface area contributed by atoms with Crippen molar-refractivity contribution in [1.82, 2.24) is 0 Å². The predicted octanol–water partition coefficient (Wildman–Crippen LogP) is 9.08. The summed E-state index contributed by atoms with van der Waals surface area (Å²) in [4.78, 5) is 0. The molecule has 0 N–H and O–H groups in total. The molecule has 0 aliphatic carbocycles. The van der Waals surface area contributed by atoms with E-state index in [9.17, 15) is 0 Å². The van der Waals surface area contributed by atoms with E-state index in [1.165, 1.54) is 116 Å². The fourth-order valence-corrected chi connectivity index (χ4v) is 6.21. The maximum absolute atomic E-state index is 6.00. The third-order valence-corrected chi connectivity index (χ3v) is 9.25. The monoisotopic (exact) mass is 444 g/mol. The van der Waals surface area contributed by atoms with Gasteiger partial charge >= 0.3 is 8.80 Å². The zero-order chi connectivity index (χ0) is 22.2. The lowest BCUT2D eigenvalue weighted by molar-refractivity contribution is 0.0961. The molecule has 3 nitrogen and oxygen atoms in total. The quantitative estimate of drug-likeness (QED) is 0.104. The van der Waals surface area contributed by atoms with Crippen molar-refractivity contribution in [3.8, 4) is 0 Å². The van der Waals surface area contributed by atoms with Gasteiger partial charge in [0.2, 0.25) is 0 Å². The largest absolute Gasteiger partial charge is 0.500 e. The molecule has 0 aromatic carbocycles. The van der Waals surface area contributed by atoms with Crippen LogP contribution in [0.25, 0.3) is 0 Å². The van der Waals surface area contributed by atoms with Crippen molar-refractivity contribution in [2.24, 2.45) is 0 Å². The minimum Gasteiger partial charge on any atom is -0.377 e. The average molecular weight is 445 g/mol. The highest BCUT2D eigenvalue weighted by atomic mass is 28.4. The van der Waals surface area contributed by atoms with E-state index in [2.05, 4.69) is 13.8 Å². The Kier molecular flexibility index (Phi) is 23.8. The molecule has 0 aromatic heterocycles. The standard InChI is InChI=1S/C26H56O3Si/c1-5-7-8-9-10-11-12-13-14-15-16-17-18-19-20-21-22-23-24-25-29-30(27-3,28-4)26-6-2/h5-26H2,1-4H3. The summed E-state index contributed by atoms with van der Waals surface area (Å²) >= 11 is 0. The molecular weight excluding hydrogens is 388 g/mol. The van der Waals surface area contributed by atoms with Crippen LogP contribution in [0.3, 0.4) is 0 Å². The normalized spacial score (nSPS) is 12.0. The van der Waals surface area contributed by atoms with Gasteiger partial charge in [-0.05, 0) is 6.42 Å². The van der Waals surface area contributed by atoms with E-state index >= 15 is 0 Å². The third kappa shape index (κ3) is 18.8. The van der Waals surface area contributed by atoms with Crippen molar-refractivity contribution in [3.05, 3.63) is 0 Å². The first kappa shape index (κ1) is 30.1. The van der Waals surface area contributed by atoms with Gasteiger partial charge in [0.05, 0.1) is 0 Å². The molecule has 0 aliphatic heterocycles. The van der Waals surface area contributed by atoms with Crippen molar-refractivity contribution in [3.63, 3.8) is 0 Å². The summed E-state index contributed by atoms with van der Waals surface area (Å²) in [6.07, 6.45) is 27.8. The summed E-state index contributed by atoms with van der Waals surface area (Å²) in [7, 11) is 1.09. The molecule has 0 aromatic rings. The molecule has 0 bridgehead atoms. The van der Waals surface area contributed by atoms with Crippen LogP contribution in [0.4, 0.5) is 0 Å². The predicted molar refractivity (Wildman–Crippen MR) is 134 cm³/mol. The lowest BCUT2D eigenvalue weighted by Crippen LogP contribution is -2.43. The van der Waals surface area contributed by atoms with Crippen LogP contribution in [-0.2, 0) is 13.3 Å². The lowest BCUT2D eigenvalue weighted by atomic mass is 10.0. The van der Waals surface area contributed by atoms with Crippen LogP contribution in [0.5, 0.6) is 0 Å². The van der Waals surface area contributed by atoms with Crippen molar-refractivity contribution >= 4 is 8.80 Å². The van der Waals surface area contributed by atoms with Gasteiger partial charge in [-0.15, -0.1) is 0 Å². The van der Waals surface area contributed by atoms with Gasteiger partial charge in [0.25, 0.3) is 0 Å².